The molecule has 1 aliphatic carbocycles. The van der Waals surface area contributed by atoms with E-state index in [0.717, 1.165) is 29.0 Å². The number of carbonyl (C=O) groups excluding carboxylic acids is 1. The molecule has 1 aliphatic rings. The molecule has 3 heteroatoms. The van der Waals surface area contributed by atoms with Crippen molar-refractivity contribution in [3.8, 4) is 0 Å². The van der Waals surface area contributed by atoms with Crippen molar-refractivity contribution in [3.63, 3.8) is 0 Å². The zero-order chi connectivity index (χ0) is 14.8. The summed E-state index contributed by atoms with van der Waals surface area (Å²) in [6.45, 7) is 2.68. The standard InChI is InChI=1S/C18H18ClNO/c1-13-2-6-15(7-3-13)18(21)20(17-10-11-17)12-14-4-8-16(19)9-5-14/h2-9,17H,10-12H2,1H3. The first-order valence-corrected chi connectivity index (χ1v) is 7.63. The molecule has 0 radical (unpaired) electrons. The summed E-state index contributed by atoms with van der Waals surface area (Å²) in [6, 6.07) is 15.9. The predicted octanol–water partition coefficient (Wildman–Crippen LogP) is 4.45. The number of hydrogen-bond donors (Lipinski definition) is 0. The second kappa shape index (κ2) is 5.90. The molecule has 2 aromatic rings. The van der Waals surface area contributed by atoms with E-state index in [9.17, 15) is 4.79 Å². The number of halogens is 1. The minimum absolute atomic E-state index is 0.118. The molecular formula is C18H18ClNO. The third kappa shape index (κ3) is 3.45. The van der Waals surface area contributed by atoms with Gasteiger partial charge in [-0.25, -0.2) is 0 Å². The summed E-state index contributed by atoms with van der Waals surface area (Å²) in [5.74, 6) is 0.118. The highest BCUT2D eigenvalue weighted by molar-refractivity contribution is 6.30. The number of aryl methyl sites for hydroxylation is 1. The van der Waals surface area contributed by atoms with Crippen LogP contribution in [0.5, 0.6) is 0 Å². The minimum atomic E-state index is 0.118. The van der Waals surface area contributed by atoms with Gasteiger partial charge in [0.25, 0.3) is 5.91 Å². The number of rotatable bonds is 4. The topological polar surface area (TPSA) is 20.3 Å². The van der Waals surface area contributed by atoms with Crippen LogP contribution in [-0.4, -0.2) is 16.8 Å². The Bertz CT molecular complexity index is 629. The van der Waals surface area contributed by atoms with Crippen molar-refractivity contribution in [2.75, 3.05) is 0 Å². The van der Waals surface area contributed by atoms with Gasteiger partial charge in [-0.1, -0.05) is 41.4 Å². The Balaban J connectivity index is 1.79. The fourth-order valence-corrected chi connectivity index (χ4v) is 2.53. The molecule has 3 rings (SSSR count). The average molecular weight is 300 g/mol. The van der Waals surface area contributed by atoms with E-state index in [0.29, 0.717) is 12.6 Å². The van der Waals surface area contributed by atoms with Gasteiger partial charge in [0.15, 0.2) is 0 Å². The van der Waals surface area contributed by atoms with E-state index in [-0.39, 0.29) is 5.91 Å². The first kappa shape index (κ1) is 14.2. The lowest BCUT2D eigenvalue weighted by Gasteiger charge is -2.23. The molecule has 0 bridgehead atoms. The zero-order valence-corrected chi connectivity index (χ0v) is 12.8. The summed E-state index contributed by atoms with van der Waals surface area (Å²) in [5, 5.41) is 0.724. The molecule has 0 spiro atoms. The molecule has 0 heterocycles. The van der Waals surface area contributed by atoms with Crippen LogP contribution in [0, 0.1) is 6.92 Å². The second-order valence-electron chi connectivity index (χ2n) is 5.66. The van der Waals surface area contributed by atoms with Crippen molar-refractivity contribution in [2.24, 2.45) is 0 Å². The molecule has 0 N–H and O–H groups in total. The number of nitrogens with zero attached hydrogens (tertiary/aromatic N) is 1. The Morgan fingerprint density at radius 3 is 2.29 bits per heavy atom. The smallest absolute Gasteiger partial charge is 0.254 e. The summed E-state index contributed by atoms with van der Waals surface area (Å²) in [5.41, 5.74) is 3.05. The van der Waals surface area contributed by atoms with Crippen LogP contribution in [0.4, 0.5) is 0 Å². The lowest BCUT2D eigenvalue weighted by molar-refractivity contribution is 0.0730. The van der Waals surface area contributed by atoms with E-state index in [1.165, 1.54) is 5.56 Å². The molecule has 0 atom stereocenters. The van der Waals surface area contributed by atoms with E-state index in [1.54, 1.807) is 0 Å². The van der Waals surface area contributed by atoms with Crippen LogP contribution >= 0.6 is 11.6 Å². The Morgan fingerprint density at radius 1 is 1.10 bits per heavy atom. The van der Waals surface area contributed by atoms with Gasteiger partial charge in [-0.05, 0) is 49.6 Å². The first-order chi connectivity index (χ1) is 10.1. The van der Waals surface area contributed by atoms with E-state index in [2.05, 4.69) is 0 Å². The van der Waals surface area contributed by atoms with Gasteiger partial charge in [-0.2, -0.15) is 0 Å². The largest absolute Gasteiger partial charge is 0.331 e. The van der Waals surface area contributed by atoms with Gasteiger partial charge >= 0.3 is 0 Å². The highest BCUT2D eigenvalue weighted by Crippen LogP contribution is 2.30. The van der Waals surface area contributed by atoms with Crippen LogP contribution in [0.1, 0.15) is 34.3 Å². The van der Waals surface area contributed by atoms with Crippen LogP contribution in [-0.2, 0) is 6.54 Å². The molecule has 2 nitrogen and oxygen atoms in total. The molecule has 0 unspecified atom stereocenters. The van der Waals surface area contributed by atoms with Crippen LogP contribution < -0.4 is 0 Å². The van der Waals surface area contributed by atoms with E-state index >= 15 is 0 Å². The Labute approximate surface area is 130 Å². The molecule has 2 aromatic carbocycles. The molecule has 0 aromatic heterocycles. The van der Waals surface area contributed by atoms with Crippen LogP contribution in [0.2, 0.25) is 5.02 Å². The zero-order valence-electron chi connectivity index (χ0n) is 12.1. The monoisotopic (exact) mass is 299 g/mol. The van der Waals surface area contributed by atoms with Crippen molar-refractivity contribution in [1.29, 1.82) is 0 Å². The van der Waals surface area contributed by atoms with Gasteiger partial charge < -0.3 is 4.90 Å². The van der Waals surface area contributed by atoms with Gasteiger partial charge in [0.1, 0.15) is 0 Å². The molecule has 0 saturated heterocycles. The maximum Gasteiger partial charge on any atom is 0.254 e. The minimum Gasteiger partial charge on any atom is -0.331 e. The summed E-state index contributed by atoms with van der Waals surface area (Å²) < 4.78 is 0. The normalized spacial score (nSPS) is 14.0. The van der Waals surface area contributed by atoms with Crippen LogP contribution in [0.3, 0.4) is 0 Å². The number of carbonyl (C=O) groups is 1. The maximum absolute atomic E-state index is 12.7. The molecule has 1 amide bonds. The summed E-state index contributed by atoms with van der Waals surface area (Å²) in [6.07, 6.45) is 2.20. The van der Waals surface area contributed by atoms with E-state index in [1.807, 2.05) is 60.4 Å². The summed E-state index contributed by atoms with van der Waals surface area (Å²) in [7, 11) is 0. The highest BCUT2D eigenvalue weighted by atomic mass is 35.5. The predicted molar refractivity (Wildman–Crippen MR) is 85.5 cm³/mol. The highest BCUT2D eigenvalue weighted by Gasteiger charge is 2.32. The van der Waals surface area contributed by atoms with Crippen molar-refractivity contribution < 1.29 is 4.79 Å². The van der Waals surface area contributed by atoms with Gasteiger partial charge in [0, 0.05) is 23.2 Å². The first-order valence-electron chi connectivity index (χ1n) is 7.25. The number of amides is 1. The van der Waals surface area contributed by atoms with Crippen molar-refractivity contribution >= 4 is 17.5 Å². The Morgan fingerprint density at radius 2 is 1.71 bits per heavy atom. The molecule has 1 fully saturated rings. The molecule has 1 saturated carbocycles. The molecular weight excluding hydrogens is 282 g/mol. The van der Waals surface area contributed by atoms with Gasteiger partial charge in [0.2, 0.25) is 0 Å². The Kier molecular flexibility index (Phi) is 3.98. The molecule has 108 valence electrons. The number of benzene rings is 2. The average Bonchev–Trinajstić information content (AvgIpc) is 3.31. The van der Waals surface area contributed by atoms with Gasteiger partial charge in [-0.15, -0.1) is 0 Å². The van der Waals surface area contributed by atoms with Crippen LogP contribution in [0.25, 0.3) is 0 Å². The molecule has 0 aliphatic heterocycles. The van der Waals surface area contributed by atoms with Crippen molar-refractivity contribution in [1.82, 2.24) is 4.90 Å². The maximum atomic E-state index is 12.7. The molecule has 21 heavy (non-hydrogen) atoms. The lowest BCUT2D eigenvalue weighted by atomic mass is 10.1. The lowest BCUT2D eigenvalue weighted by Crippen LogP contribution is -2.32. The van der Waals surface area contributed by atoms with E-state index < -0.39 is 0 Å². The summed E-state index contributed by atoms with van der Waals surface area (Å²) in [4.78, 5) is 14.7. The van der Waals surface area contributed by atoms with E-state index in [4.69, 9.17) is 11.6 Å². The summed E-state index contributed by atoms with van der Waals surface area (Å²) >= 11 is 5.92. The second-order valence-corrected chi connectivity index (χ2v) is 6.09. The Hall–Kier alpha value is -1.80. The third-order valence-corrected chi connectivity index (χ3v) is 4.07. The fraction of sp³-hybridized carbons (Fsp3) is 0.278. The van der Waals surface area contributed by atoms with Crippen LogP contribution in [0.15, 0.2) is 48.5 Å². The van der Waals surface area contributed by atoms with Gasteiger partial charge in [0.05, 0.1) is 0 Å². The van der Waals surface area contributed by atoms with Gasteiger partial charge in [-0.3, -0.25) is 4.79 Å². The SMILES string of the molecule is Cc1ccc(C(=O)N(Cc2ccc(Cl)cc2)C2CC2)cc1. The fourth-order valence-electron chi connectivity index (χ4n) is 2.40. The quantitative estimate of drug-likeness (QED) is 0.816. The third-order valence-electron chi connectivity index (χ3n) is 3.81. The van der Waals surface area contributed by atoms with Crippen molar-refractivity contribution in [2.45, 2.75) is 32.4 Å². The van der Waals surface area contributed by atoms with Crippen molar-refractivity contribution in [3.05, 3.63) is 70.2 Å². The number of hydrogen-bond acceptors (Lipinski definition) is 1.